The van der Waals surface area contributed by atoms with E-state index in [2.05, 4.69) is 20.4 Å². The van der Waals surface area contributed by atoms with E-state index < -0.39 is 11.7 Å². The van der Waals surface area contributed by atoms with E-state index in [9.17, 15) is 13.2 Å². The molecule has 1 aromatic heterocycles. The standard InChI is InChI=1S/C21H18F3N5O2/c1-29-19-6-5-16(31-17-7-8-25-15(10-17)12-26-30)11-18(19)28-20(29)27-14-4-2-3-13(9-14)21(22,23)24/h2-6,8-12,17,30H,7H2,1H3,(H,27,28)/b26-12-. The summed E-state index contributed by atoms with van der Waals surface area (Å²) >= 11 is 0. The number of fused-ring (bicyclic) bond motifs is 1. The predicted octanol–water partition coefficient (Wildman–Crippen LogP) is 4.90. The van der Waals surface area contributed by atoms with Crippen LogP contribution in [0.5, 0.6) is 5.75 Å². The van der Waals surface area contributed by atoms with Crippen molar-refractivity contribution in [1.82, 2.24) is 9.55 Å². The van der Waals surface area contributed by atoms with E-state index in [1.165, 1.54) is 12.3 Å². The second-order valence-electron chi connectivity index (χ2n) is 6.89. The molecule has 0 spiro atoms. The lowest BCUT2D eigenvalue weighted by Gasteiger charge is -2.16. The Hall–Kier alpha value is -3.82. The Morgan fingerprint density at radius 1 is 1.26 bits per heavy atom. The molecule has 1 unspecified atom stereocenters. The van der Waals surface area contributed by atoms with Crippen molar-refractivity contribution in [3.8, 4) is 5.75 Å². The topological polar surface area (TPSA) is 84.0 Å². The third-order valence-corrected chi connectivity index (χ3v) is 4.71. The number of alkyl halides is 3. The molecular weight excluding hydrogens is 411 g/mol. The number of hydrogen-bond acceptors (Lipinski definition) is 6. The fraction of sp³-hybridized carbons (Fsp3) is 0.190. The van der Waals surface area contributed by atoms with Gasteiger partial charge in [0.25, 0.3) is 0 Å². The van der Waals surface area contributed by atoms with Gasteiger partial charge in [0.2, 0.25) is 5.95 Å². The fourth-order valence-electron chi connectivity index (χ4n) is 3.22. The van der Waals surface area contributed by atoms with E-state index in [4.69, 9.17) is 9.94 Å². The number of ether oxygens (including phenoxy) is 1. The molecule has 1 aliphatic rings. The number of aromatic nitrogens is 2. The summed E-state index contributed by atoms with van der Waals surface area (Å²) < 4.78 is 46.6. The number of anilines is 2. The van der Waals surface area contributed by atoms with Crippen LogP contribution in [-0.4, -0.2) is 33.3 Å². The molecule has 4 rings (SSSR count). The third-order valence-electron chi connectivity index (χ3n) is 4.71. The van der Waals surface area contributed by atoms with Crippen LogP contribution in [0.4, 0.5) is 24.8 Å². The van der Waals surface area contributed by atoms with E-state index in [1.54, 1.807) is 42.1 Å². The lowest BCUT2D eigenvalue weighted by molar-refractivity contribution is -0.137. The molecule has 2 aromatic carbocycles. The molecule has 1 aliphatic heterocycles. The number of oxime groups is 1. The van der Waals surface area contributed by atoms with Crippen molar-refractivity contribution >= 4 is 35.1 Å². The Morgan fingerprint density at radius 3 is 2.87 bits per heavy atom. The lowest BCUT2D eigenvalue weighted by Crippen LogP contribution is -2.17. The molecule has 0 amide bonds. The Morgan fingerprint density at radius 2 is 2.10 bits per heavy atom. The minimum atomic E-state index is -4.42. The van der Waals surface area contributed by atoms with Gasteiger partial charge in [-0.2, -0.15) is 13.2 Å². The van der Waals surface area contributed by atoms with Crippen molar-refractivity contribution in [1.29, 1.82) is 0 Å². The predicted molar refractivity (Wildman–Crippen MR) is 111 cm³/mol. The zero-order valence-electron chi connectivity index (χ0n) is 16.3. The van der Waals surface area contributed by atoms with Crippen molar-refractivity contribution in [3.63, 3.8) is 0 Å². The Kier molecular flexibility index (Phi) is 5.37. The van der Waals surface area contributed by atoms with E-state index in [0.29, 0.717) is 29.3 Å². The van der Waals surface area contributed by atoms with Crippen molar-refractivity contribution in [2.45, 2.75) is 18.7 Å². The molecule has 2 heterocycles. The molecule has 0 saturated heterocycles. The summed E-state index contributed by atoms with van der Waals surface area (Å²) in [6.07, 6.45) is 0.498. The highest BCUT2D eigenvalue weighted by atomic mass is 19.4. The number of halogens is 3. The number of aryl methyl sites for hydroxylation is 1. The molecule has 0 aliphatic carbocycles. The lowest BCUT2D eigenvalue weighted by atomic mass is 10.2. The molecule has 1 atom stereocenters. The van der Waals surface area contributed by atoms with Gasteiger partial charge in [0.15, 0.2) is 0 Å². The maximum absolute atomic E-state index is 13.0. The molecule has 0 radical (unpaired) electrons. The van der Waals surface area contributed by atoms with Crippen LogP contribution in [0.1, 0.15) is 12.0 Å². The summed E-state index contributed by atoms with van der Waals surface area (Å²) in [5.41, 5.74) is 1.46. The zero-order valence-corrected chi connectivity index (χ0v) is 16.3. The van der Waals surface area contributed by atoms with Crippen LogP contribution >= 0.6 is 0 Å². The summed E-state index contributed by atoms with van der Waals surface area (Å²) in [7, 11) is 1.77. The summed E-state index contributed by atoms with van der Waals surface area (Å²) in [5.74, 6) is 0.977. The Labute approximate surface area is 175 Å². The highest BCUT2D eigenvalue weighted by Crippen LogP contribution is 2.32. The van der Waals surface area contributed by atoms with E-state index >= 15 is 0 Å². The van der Waals surface area contributed by atoms with Gasteiger partial charge in [-0.3, -0.25) is 4.99 Å². The highest BCUT2D eigenvalue weighted by Gasteiger charge is 2.30. The quantitative estimate of drug-likeness (QED) is 0.343. The van der Waals surface area contributed by atoms with Crippen molar-refractivity contribution in [2.75, 3.05) is 5.32 Å². The molecule has 7 nitrogen and oxygen atoms in total. The van der Waals surface area contributed by atoms with Gasteiger partial charge in [0.1, 0.15) is 11.9 Å². The number of benzene rings is 2. The van der Waals surface area contributed by atoms with Crippen molar-refractivity contribution in [2.24, 2.45) is 17.2 Å². The molecule has 10 heteroatoms. The van der Waals surface area contributed by atoms with Crippen LogP contribution in [0.2, 0.25) is 0 Å². The number of allylic oxidation sites excluding steroid dienone is 1. The van der Waals surface area contributed by atoms with Crippen LogP contribution in [0.25, 0.3) is 11.0 Å². The van der Waals surface area contributed by atoms with E-state index in [-0.39, 0.29) is 11.8 Å². The second kappa shape index (κ2) is 8.13. The summed E-state index contributed by atoms with van der Waals surface area (Å²) in [6.45, 7) is 0. The van der Waals surface area contributed by atoms with Gasteiger partial charge in [-0.05, 0) is 36.4 Å². The number of nitrogens with zero attached hydrogens (tertiary/aromatic N) is 4. The van der Waals surface area contributed by atoms with Gasteiger partial charge < -0.3 is 19.8 Å². The fourth-order valence-corrected chi connectivity index (χ4v) is 3.22. The number of rotatable bonds is 5. The summed E-state index contributed by atoms with van der Waals surface area (Å²) in [5, 5.41) is 14.5. The van der Waals surface area contributed by atoms with Gasteiger partial charge in [-0.25, -0.2) is 4.98 Å². The zero-order chi connectivity index (χ0) is 22.0. The average molecular weight is 429 g/mol. The van der Waals surface area contributed by atoms with Crippen LogP contribution in [0.15, 0.2) is 64.4 Å². The Balaban J connectivity index is 1.56. The minimum Gasteiger partial charge on any atom is -0.486 e. The first kappa shape index (κ1) is 20.5. The third kappa shape index (κ3) is 4.52. The minimum absolute atomic E-state index is 0.283. The maximum atomic E-state index is 13.0. The summed E-state index contributed by atoms with van der Waals surface area (Å²) in [4.78, 5) is 8.58. The first-order valence-electron chi connectivity index (χ1n) is 9.32. The highest BCUT2D eigenvalue weighted by molar-refractivity contribution is 5.83. The number of hydrogen-bond donors (Lipinski definition) is 2. The van der Waals surface area contributed by atoms with Gasteiger partial charge in [0, 0.05) is 31.4 Å². The normalized spacial score (nSPS) is 16.6. The number of aliphatic imine (C=N–C) groups is 1. The molecule has 0 bridgehead atoms. The number of nitrogens with one attached hydrogen (secondary N) is 1. The molecule has 0 fully saturated rings. The van der Waals surface area contributed by atoms with Crippen molar-refractivity contribution in [3.05, 3.63) is 59.8 Å². The van der Waals surface area contributed by atoms with Crippen LogP contribution in [0.3, 0.4) is 0 Å². The van der Waals surface area contributed by atoms with Gasteiger partial charge >= 0.3 is 6.18 Å². The van der Waals surface area contributed by atoms with Crippen LogP contribution < -0.4 is 10.1 Å². The van der Waals surface area contributed by atoms with Gasteiger partial charge in [0.05, 0.1) is 28.5 Å². The first-order valence-corrected chi connectivity index (χ1v) is 9.32. The maximum Gasteiger partial charge on any atom is 0.416 e. The summed E-state index contributed by atoms with van der Waals surface area (Å²) in [6, 6.07) is 10.3. The molecule has 160 valence electrons. The average Bonchev–Trinajstić information content (AvgIpc) is 3.03. The SMILES string of the molecule is Cn1c(Nc2cccc(C(F)(F)F)c2)nc2cc(OC3C=C(/C=N\O)N=CC3)ccc21. The second-order valence-corrected chi connectivity index (χ2v) is 6.89. The van der Waals surface area contributed by atoms with Gasteiger partial charge in [-0.15, -0.1) is 0 Å². The largest absolute Gasteiger partial charge is 0.486 e. The molecule has 31 heavy (non-hydrogen) atoms. The van der Waals surface area contributed by atoms with Crippen molar-refractivity contribution < 1.29 is 23.1 Å². The number of imidazole rings is 1. The first-order chi connectivity index (χ1) is 14.8. The molecule has 2 N–H and O–H groups in total. The Bertz CT molecular complexity index is 1190. The van der Waals surface area contributed by atoms with Crippen LogP contribution in [0, 0.1) is 0 Å². The molecular formula is C21H18F3N5O2. The van der Waals surface area contributed by atoms with E-state index in [0.717, 1.165) is 17.6 Å². The van der Waals surface area contributed by atoms with E-state index in [1.807, 2.05) is 6.07 Å². The van der Waals surface area contributed by atoms with Gasteiger partial charge in [-0.1, -0.05) is 11.2 Å². The smallest absolute Gasteiger partial charge is 0.416 e. The molecule has 0 saturated carbocycles. The monoisotopic (exact) mass is 429 g/mol. The molecule has 3 aromatic rings. The van der Waals surface area contributed by atoms with Crippen LogP contribution in [-0.2, 0) is 13.2 Å².